The SMILES string of the molecule is CCc1sc(C(=O)NC(C(=O)OC)C(C)C)cc1C. The average molecular weight is 283 g/mol. The number of carbonyl (C=O) groups is 2. The molecule has 5 heteroatoms. The first kappa shape index (κ1) is 15.7. The van der Waals surface area contributed by atoms with Gasteiger partial charge in [0.15, 0.2) is 0 Å². The van der Waals surface area contributed by atoms with Gasteiger partial charge in [-0.05, 0) is 30.9 Å². The molecule has 1 rings (SSSR count). The molecule has 0 aliphatic heterocycles. The smallest absolute Gasteiger partial charge is 0.328 e. The van der Waals surface area contributed by atoms with Gasteiger partial charge >= 0.3 is 5.97 Å². The summed E-state index contributed by atoms with van der Waals surface area (Å²) in [5.41, 5.74) is 1.12. The number of aryl methyl sites for hydroxylation is 2. The average Bonchev–Trinajstić information content (AvgIpc) is 2.75. The minimum atomic E-state index is -0.606. The van der Waals surface area contributed by atoms with Gasteiger partial charge in [-0.3, -0.25) is 4.79 Å². The van der Waals surface area contributed by atoms with Crippen molar-refractivity contribution in [3.8, 4) is 0 Å². The standard InChI is InChI=1S/C14H21NO3S/c1-6-10-9(4)7-11(19-10)13(16)15-12(8(2)3)14(17)18-5/h7-8,12H,6H2,1-5H3,(H,15,16). The largest absolute Gasteiger partial charge is 0.467 e. The molecule has 0 saturated heterocycles. The third kappa shape index (κ3) is 3.80. The molecule has 1 aromatic heterocycles. The number of amides is 1. The second-order valence-electron chi connectivity index (χ2n) is 4.79. The fraction of sp³-hybridized carbons (Fsp3) is 0.571. The molecule has 106 valence electrons. The molecule has 0 aliphatic rings. The van der Waals surface area contributed by atoms with Crippen LogP contribution in [-0.2, 0) is 16.0 Å². The van der Waals surface area contributed by atoms with Gasteiger partial charge < -0.3 is 10.1 Å². The zero-order chi connectivity index (χ0) is 14.6. The number of rotatable bonds is 5. The van der Waals surface area contributed by atoms with E-state index in [2.05, 4.69) is 12.2 Å². The molecule has 19 heavy (non-hydrogen) atoms. The van der Waals surface area contributed by atoms with Crippen molar-refractivity contribution in [2.24, 2.45) is 5.92 Å². The summed E-state index contributed by atoms with van der Waals surface area (Å²) in [6.45, 7) is 7.80. The number of nitrogens with one attached hydrogen (secondary N) is 1. The number of ether oxygens (including phenoxy) is 1. The summed E-state index contributed by atoms with van der Waals surface area (Å²) in [5, 5.41) is 2.75. The normalized spacial score (nSPS) is 12.3. The Kier molecular flexibility index (Phi) is 5.54. The van der Waals surface area contributed by atoms with Gasteiger partial charge in [0.25, 0.3) is 5.91 Å². The summed E-state index contributed by atoms with van der Waals surface area (Å²) in [4.78, 5) is 25.6. The summed E-state index contributed by atoms with van der Waals surface area (Å²) in [6.07, 6.45) is 0.911. The number of thiophene rings is 1. The van der Waals surface area contributed by atoms with Gasteiger partial charge in [-0.25, -0.2) is 4.79 Å². The van der Waals surface area contributed by atoms with E-state index in [1.165, 1.54) is 23.3 Å². The highest BCUT2D eigenvalue weighted by Crippen LogP contribution is 2.22. The van der Waals surface area contributed by atoms with Crippen LogP contribution in [0, 0.1) is 12.8 Å². The minimum Gasteiger partial charge on any atom is -0.467 e. The van der Waals surface area contributed by atoms with Gasteiger partial charge in [0.1, 0.15) is 6.04 Å². The summed E-state index contributed by atoms with van der Waals surface area (Å²) in [6, 6.07) is 1.26. The number of methoxy groups -OCH3 is 1. The Morgan fingerprint density at radius 1 is 1.42 bits per heavy atom. The van der Waals surface area contributed by atoms with Crippen LogP contribution in [0.2, 0.25) is 0 Å². The molecule has 0 bridgehead atoms. The summed E-state index contributed by atoms with van der Waals surface area (Å²) >= 11 is 1.48. The maximum Gasteiger partial charge on any atom is 0.328 e. The first-order valence-electron chi connectivity index (χ1n) is 6.38. The Morgan fingerprint density at radius 3 is 2.47 bits per heavy atom. The number of carbonyl (C=O) groups excluding carboxylic acids is 2. The Labute approximate surface area is 118 Å². The van der Waals surface area contributed by atoms with E-state index >= 15 is 0 Å². The summed E-state index contributed by atoms with van der Waals surface area (Å²) in [5.74, 6) is -0.632. The molecule has 4 nitrogen and oxygen atoms in total. The highest BCUT2D eigenvalue weighted by Gasteiger charge is 2.26. The molecule has 0 fully saturated rings. The van der Waals surface area contributed by atoms with Crippen molar-refractivity contribution in [3.05, 3.63) is 21.4 Å². The first-order chi connectivity index (χ1) is 8.90. The predicted octanol–water partition coefficient (Wildman–Crippen LogP) is 2.55. The van der Waals surface area contributed by atoms with Crippen LogP contribution in [0.1, 0.15) is 40.9 Å². The van der Waals surface area contributed by atoms with Gasteiger partial charge in [0, 0.05) is 4.88 Å². The second kappa shape index (κ2) is 6.70. The maximum atomic E-state index is 12.2. The summed E-state index contributed by atoms with van der Waals surface area (Å²) < 4.78 is 4.71. The lowest BCUT2D eigenvalue weighted by atomic mass is 10.0. The third-order valence-corrected chi connectivity index (χ3v) is 4.35. The van der Waals surface area contributed by atoms with E-state index in [0.717, 1.165) is 12.0 Å². The molecule has 0 radical (unpaired) electrons. The van der Waals surface area contributed by atoms with E-state index in [1.807, 2.05) is 26.8 Å². The van der Waals surface area contributed by atoms with Crippen molar-refractivity contribution in [1.29, 1.82) is 0 Å². The van der Waals surface area contributed by atoms with Gasteiger partial charge in [0.2, 0.25) is 0 Å². The van der Waals surface area contributed by atoms with Crippen LogP contribution in [-0.4, -0.2) is 25.0 Å². The van der Waals surface area contributed by atoms with E-state index in [1.54, 1.807) is 0 Å². The molecule has 0 saturated carbocycles. The number of hydrogen-bond donors (Lipinski definition) is 1. The molecule has 1 N–H and O–H groups in total. The number of hydrogen-bond acceptors (Lipinski definition) is 4. The van der Waals surface area contributed by atoms with Crippen LogP contribution >= 0.6 is 11.3 Å². The van der Waals surface area contributed by atoms with Gasteiger partial charge in [-0.2, -0.15) is 0 Å². The van der Waals surface area contributed by atoms with E-state index < -0.39 is 12.0 Å². The van der Waals surface area contributed by atoms with Gasteiger partial charge in [0.05, 0.1) is 12.0 Å². The van der Waals surface area contributed by atoms with E-state index in [-0.39, 0.29) is 11.8 Å². The van der Waals surface area contributed by atoms with Crippen LogP contribution in [0.25, 0.3) is 0 Å². The monoisotopic (exact) mass is 283 g/mol. The summed E-state index contributed by atoms with van der Waals surface area (Å²) in [7, 11) is 1.33. The van der Waals surface area contributed by atoms with Crippen molar-refractivity contribution in [3.63, 3.8) is 0 Å². The van der Waals surface area contributed by atoms with Crippen molar-refractivity contribution in [2.75, 3.05) is 7.11 Å². The van der Waals surface area contributed by atoms with Crippen molar-refractivity contribution >= 4 is 23.2 Å². The fourth-order valence-electron chi connectivity index (χ4n) is 1.82. The van der Waals surface area contributed by atoms with E-state index in [9.17, 15) is 9.59 Å². The van der Waals surface area contributed by atoms with Crippen LogP contribution in [0.3, 0.4) is 0 Å². The van der Waals surface area contributed by atoms with Crippen LogP contribution < -0.4 is 5.32 Å². The quantitative estimate of drug-likeness (QED) is 0.845. The van der Waals surface area contributed by atoms with Gasteiger partial charge in [-0.1, -0.05) is 20.8 Å². The Hall–Kier alpha value is -1.36. The lowest BCUT2D eigenvalue weighted by Gasteiger charge is -2.19. The molecule has 1 amide bonds. The number of esters is 1. The molecular formula is C14H21NO3S. The van der Waals surface area contributed by atoms with Crippen LogP contribution in [0.15, 0.2) is 6.07 Å². The zero-order valence-corrected chi connectivity index (χ0v) is 12.9. The minimum absolute atomic E-state index is 0.0110. The molecule has 0 aromatic carbocycles. The third-order valence-electron chi connectivity index (χ3n) is 2.97. The maximum absolute atomic E-state index is 12.2. The second-order valence-corrected chi connectivity index (χ2v) is 5.93. The van der Waals surface area contributed by atoms with Crippen LogP contribution in [0.4, 0.5) is 0 Å². The van der Waals surface area contributed by atoms with Crippen LogP contribution in [0.5, 0.6) is 0 Å². The lowest BCUT2D eigenvalue weighted by molar-refractivity contribution is -0.144. The topological polar surface area (TPSA) is 55.4 Å². The van der Waals surface area contributed by atoms with Crippen molar-refractivity contribution in [2.45, 2.75) is 40.2 Å². The molecule has 1 atom stereocenters. The van der Waals surface area contributed by atoms with E-state index in [4.69, 9.17) is 4.74 Å². The Morgan fingerprint density at radius 2 is 2.05 bits per heavy atom. The highest BCUT2D eigenvalue weighted by molar-refractivity contribution is 7.14. The van der Waals surface area contributed by atoms with Crippen molar-refractivity contribution < 1.29 is 14.3 Å². The molecular weight excluding hydrogens is 262 g/mol. The van der Waals surface area contributed by atoms with Gasteiger partial charge in [-0.15, -0.1) is 11.3 Å². The molecule has 0 spiro atoms. The highest BCUT2D eigenvalue weighted by atomic mass is 32.1. The lowest BCUT2D eigenvalue weighted by Crippen LogP contribution is -2.44. The fourth-order valence-corrected chi connectivity index (χ4v) is 2.84. The van der Waals surface area contributed by atoms with E-state index in [0.29, 0.717) is 4.88 Å². The zero-order valence-electron chi connectivity index (χ0n) is 12.1. The Bertz CT molecular complexity index is 465. The molecule has 0 aliphatic carbocycles. The van der Waals surface area contributed by atoms with Crippen molar-refractivity contribution in [1.82, 2.24) is 5.32 Å². The molecule has 1 aromatic rings. The molecule has 1 unspecified atom stereocenters. The molecule has 1 heterocycles. The predicted molar refractivity (Wildman–Crippen MR) is 76.5 cm³/mol. The first-order valence-corrected chi connectivity index (χ1v) is 7.20. The Balaban J connectivity index is 2.84.